The molecular formula is C27H33Cl2F6N5O. The van der Waals surface area contributed by atoms with E-state index in [0.29, 0.717) is 38.3 Å². The number of halogens is 8. The fourth-order valence-electron chi connectivity index (χ4n) is 4.97. The minimum absolute atomic E-state index is 0. The molecule has 6 nitrogen and oxygen atoms in total. The number of rotatable bonds is 6. The topological polar surface area (TPSA) is 42.4 Å². The minimum Gasteiger partial charge on any atom is -0.344 e. The van der Waals surface area contributed by atoms with Crippen molar-refractivity contribution in [1.82, 2.24) is 19.6 Å². The Kier molecular flexibility index (Phi) is 11.8. The first-order valence-corrected chi connectivity index (χ1v) is 12.7. The van der Waals surface area contributed by atoms with E-state index in [4.69, 9.17) is 0 Å². The SMILES string of the molecule is CN(CCc1cc(C(F)(F)F)cc(C(F)(F)F)c1)C(=O)[C@H](c1ccccc1)N1CCN(C2=NCCN2C)CC1.Cl.Cl. The third-order valence-corrected chi connectivity index (χ3v) is 7.10. The Morgan fingerprint density at radius 3 is 1.95 bits per heavy atom. The van der Waals surface area contributed by atoms with Crippen LogP contribution in [0.4, 0.5) is 26.3 Å². The number of nitrogens with zero attached hydrogens (tertiary/aromatic N) is 5. The van der Waals surface area contributed by atoms with E-state index in [1.165, 1.54) is 11.9 Å². The predicted octanol–water partition coefficient (Wildman–Crippen LogP) is 5.23. The van der Waals surface area contributed by atoms with Gasteiger partial charge in [0.1, 0.15) is 6.04 Å². The van der Waals surface area contributed by atoms with E-state index in [0.717, 1.165) is 24.6 Å². The summed E-state index contributed by atoms with van der Waals surface area (Å²) >= 11 is 0. The third kappa shape index (κ3) is 8.42. The Balaban J connectivity index is 0.00000294. The van der Waals surface area contributed by atoms with Crippen molar-refractivity contribution in [3.63, 3.8) is 0 Å². The van der Waals surface area contributed by atoms with Gasteiger partial charge in [-0.3, -0.25) is 14.7 Å². The summed E-state index contributed by atoms with van der Waals surface area (Å²) in [6.07, 6.45) is -10.00. The number of likely N-dealkylation sites (N-methyl/N-ethyl adjacent to an activating group) is 2. The lowest BCUT2D eigenvalue weighted by molar-refractivity contribution is -0.143. The lowest BCUT2D eigenvalue weighted by Crippen LogP contribution is -2.54. The molecule has 0 radical (unpaired) electrons. The highest BCUT2D eigenvalue weighted by Crippen LogP contribution is 2.36. The molecule has 0 aromatic heterocycles. The number of alkyl halides is 6. The first kappa shape index (κ1) is 34.5. The number of piperazine rings is 1. The zero-order valence-electron chi connectivity index (χ0n) is 22.6. The van der Waals surface area contributed by atoms with Gasteiger partial charge in [0.2, 0.25) is 5.91 Å². The summed E-state index contributed by atoms with van der Waals surface area (Å²) in [7, 11) is 3.51. The van der Waals surface area contributed by atoms with Crippen molar-refractivity contribution in [3.8, 4) is 0 Å². The molecule has 14 heteroatoms. The van der Waals surface area contributed by atoms with Crippen LogP contribution in [0, 0.1) is 0 Å². The van der Waals surface area contributed by atoms with Gasteiger partial charge in [-0.15, -0.1) is 24.8 Å². The van der Waals surface area contributed by atoms with Crippen molar-refractivity contribution in [3.05, 3.63) is 70.8 Å². The highest BCUT2D eigenvalue weighted by molar-refractivity contribution is 5.86. The Labute approximate surface area is 247 Å². The minimum atomic E-state index is -4.92. The van der Waals surface area contributed by atoms with Crippen molar-refractivity contribution in [2.45, 2.75) is 24.8 Å². The summed E-state index contributed by atoms with van der Waals surface area (Å²) in [6, 6.07) is 10.1. The second kappa shape index (κ2) is 14.0. The standard InChI is InChI=1S/C27H31F6N5O.2ClH/c1-35(10-8-19-16-21(26(28,29)30)18-22(17-19)27(31,32)33)24(39)23(20-6-4-3-5-7-20)37-12-14-38(15-13-37)25-34-9-11-36(25)2;;/h3-7,16-18,23H,8-15H2,1-2H3;2*1H/t23-;;/m0../s1. The van der Waals surface area contributed by atoms with Crippen molar-refractivity contribution >= 4 is 36.7 Å². The van der Waals surface area contributed by atoms with E-state index in [9.17, 15) is 31.1 Å². The predicted molar refractivity (Wildman–Crippen MR) is 150 cm³/mol. The summed E-state index contributed by atoms with van der Waals surface area (Å²) in [5, 5.41) is 0. The largest absolute Gasteiger partial charge is 0.416 e. The molecule has 2 aliphatic rings. The number of benzene rings is 2. The number of hydrogen-bond acceptors (Lipinski definition) is 5. The highest BCUT2D eigenvalue weighted by Gasteiger charge is 2.37. The van der Waals surface area contributed by atoms with Gasteiger partial charge < -0.3 is 14.7 Å². The van der Waals surface area contributed by atoms with Crippen LogP contribution in [-0.4, -0.2) is 91.4 Å². The molecule has 1 amide bonds. The average molecular weight is 628 g/mol. The number of carbonyl (C=O) groups excluding carboxylic acids is 1. The second-order valence-corrected chi connectivity index (χ2v) is 9.86. The molecule has 2 aromatic rings. The van der Waals surface area contributed by atoms with Gasteiger partial charge in [-0.05, 0) is 35.7 Å². The third-order valence-electron chi connectivity index (χ3n) is 7.10. The molecule has 0 spiro atoms. The van der Waals surface area contributed by atoms with Crippen LogP contribution in [0.2, 0.25) is 0 Å². The van der Waals surface area contributed by atoms with E-state index in [-0.39, 0.29) is 55.3 Å². The van der Waals surface area contributed by atoms with Crippen molar-refractivity contribution in [1.29, 1.82) is 0 Å². The summed E-state index contributed by atoms with van der Waals surface area (Å²) in [6.45, 7) is 4.10. The number of aliphatic imine (C=N–C) groups is 1. The molecule has 2 aromatic carbocycles. The maximum Gasteiger partial charge on any atom is 0.416 e. The Hall–Kier alpha value is -2.70. The maximum atomic E-state index is 13.7. The molecule has 1 fully saturated rings. The van der Waals surface area contributed by atoms with Crippen molar-refractivity contribution < 1.29 is 31.1 Å². The second-order valence-electron chi connectivity index (χ2n) is 9.86. The normalized spacial score (nSPS) is 16.9. The molecule has 4 rings (SSSR count). The summed E-state index contributed by atoms with van der Waals surface area (Å²) in [5.74, 6) is 0.668. The van der Waals surface area contributed by atoms with Crippen molar-refractivity contribution in [2.24, 2.45) is 4.99 Å². The molecule has 1 saturated heterocycles. The van der Waals surface area contributed by atoms with Crippen LogP contribution in [0.25, 0.3) is 0 Å². The molecule has 2 aliphatic heterocycles. The van der Waals surface area contributed by atoms with Crippen LogP contribution >= 0.6 is 24.8 Å². The van der Waals surface area contributed by atoms with Gasteiger partial charge in [-0.1, -0.05) is 30.3 Å². The monoisotopic (exact) mass is 627 g/mol. The summed E-state index contributed by atoms with van der Waals surface area (Å²) < 4.78 is 79.6. The molecule has 1 atom stereocenters. The van der Waals surface area contributed by atoms with Crippen LogP contribution in [0.5, 0.6) is 0 Å². The summed E-state index contributed by atoms with van der Waals surface area (Å²) in [4.78, 5) is 26.0. The Bertz CT molecular complexity index is 1150. The van der Waals surface area contributed by atoms with Crippen LogP contribution in [0.15, 0.2) is 53.5 Å². The lowest BCUT2D eigenvalue weighted by Gasteiger charge is -2.41. The number of amides is 1. The van der Waals surface area contributed by atoms with Crippen molar-refractivity contribution in [2.75, 3.05) is 59.9 Å². The molecule has 41 heavy (non-hydrogen) atoms. The van der Waals surface area contributed by atoms with Crippen LogP contribution < -0.4 is 0 Å². The van der Waals surface area contributed by atoms with Gasteiger partial charge in [-0.2, -0.15) is 26.3 Å². The summed E-state index contributed by atoms with van der Waals surface area (Å²) in [5.41, 5.74) is -2.09. The quantitative estimate of drug-likeness (QED) is 0.412. The number of carbonyl (C=O) groups is 1. The molecule has 0 aliphatic carbocycles. The van der Waals surface area contributed by atoms with E-state index < -0.39 is 29.5 Å². The van der Waals surface area contributed by atoms with Crippen LogP contribution in [0.1, 0.15) is 28.3 Å². The maximum absolute atomic E-state index is 13.7. The zero-order valence-corrected chi connectivity index (χ0v) is 24.2. The molecule has 228 valence electrons. The van der Waals surface area contributed by atoms with Gasteiger partial charge in [0.15, 0.2) is 5.96 Å². The molecule has 0 unspecified atom stereocenters. The van der Waals surface area contributed by atoms with E-state index >= 15 is 0 Å². The Morgan fingerprint density at radius 1 is 0.902 bits per heavy atom. The van der Waals surface area contributed by atoms with Gasteiger partial charge in [0, 0.05) is 53.4 Å². The fourth-order valence-corrected chi connectivity index (χ4v) is 4.97. The highest BCUT2D eigenvalue weighted by atomic mass is 35.5. The van der Waals surface area contributed by atoms with Gasteiger partial charge >= 0.3 is 12.4 Å². The van der Waals surface area contributed by atoms with Gasteiger partial charge in [-0.25, -0.2) is 0 Å². The average Bonchev–Trinajstić information content (AvgIpc) is 3.33. The molecule has 2 heterocycles. The first-order valence-electron chi connectivity index (χ1n) is 12.7. The van der Waals surface area contributed by atoms with Crippen LogP contribution in [0.3, 0.4) is 0 Å². The van der Waals surface area contributed by atoms with E-state index in [1.807, 2.05) is 37.4 Å². The van der Waals surface area contributed by atoms with E-state index in [2.05, 4.69) is 19.7 Å². The van der Waals surface area contributed by atoms with Gasteiger partial charge in [0.25, 0.3) is 0 Å². The molecular weight excluding hydrogens is 595 g/mol. The number of guanidine groups is 1. The fraction of sp³-hybridized carbons (Fsp3) is 0.481. The Morgan fingerprint density at radius 2 is 1.46 bits per heavy atom. The van der Waals surface area contributed by atoms with E-state index in [1.54, 1.807) is 0 Å². The van der Waals surface area contributed by atoms with Gasteiger partial charge in [0.05, 0.1) is 17.7 Å². The number of hydrogen-bond donors (Lipinski definition) is 0. The lowest BCUT2D eigenvalue weighted by atomic mass is 10.0. The zero-order chi connectivity index (χ0) is 28.4. The smallest absolute Gasteiger partial charge is 0.344 e. The molecule has 0 N–H and O–H groups in total. The van der Waals surface area contributed by atoms with Crippen LogP contribution in [-0.2, 0) is 23.6 Å². The first-order chi connectivity index (χ1) is 18.3. The molecule has 0 saturated carbocycles. The molecule has 0 bridgehead atoms.